The molecule has 1 heterocycles. The molecule has 0 saturated carbocycles. The zero-order valence-electron chi connectivity index (χ0n) is 9.53. The molecule has 17 heavy (non-hydrogen) atoms. The van der Waals surface area contributed by atoms with E-state index in [0.29, 0.717) is 0 Å². The maximum Gasteiger partial charge on any atom is 0.422 e. The number of aliphatic hydroxyl groups excluding tert-OH is 2. The van der Waals surface area contributed by atoms with Gasteiger partial charge < -0.3 is 14.9 Å². The van der Waals surface area contributed by atoms with Gasteiger partial charge >= 0.3 is 16.3 Å². The van der Waals surface area contributed by atoms with Crippen LogP contribution in [0.2, 0.25) is 0 Å². The number of rotatable bonds is 3. The Balaban J connectivity index is 2.61. The van der Waals surface area contributed by atoms with Gasteiger partial charge in [0.1, 0.15) is 0 Å². The molecule has 0 bridgehead atoms. The summed E-state index contributed by atoms with van der Waals surface area (Å²) >= 11 is 0. The Morgan fingerprint density at radius 3 is 2.24 bits per heavy atom. The maximum absolute atomic E-state index is 11.6. The van der Waals surface area contributed by atoms with Crippen molar-refractivity contribution in [3.8, 4) is 0 Å². The highest BCUT2D eigenvalue weighted by molar-refractivity contribution is 7.87. The summed E-state index contributed by atoms with van der Waals surface area (Å²) in [6, 6.07) is 0. The Bertz CT molecular complexity index is 371. The molecule has 0 aromatic carbocycles. The van der Waals surface area contributed by atoms with Crippen molar-refractivity contribution in [2.75, 3.05) is 13.1 Å². The number of nitrogens with zero attached hydrogens (tertiary/aromatic N) is 1. The number of hydrogen-bond acceptors (Lipinski definition) is 6. The smallest absolute Gasteiger partial charge is 0.422 e. The van der Waals surface area contributed by atoms with Gasteiger partial charge in [0.25, 0.3) is 0 Å². The SMILES string of the molecule is CC(C)OC(=O)NS(=O)(=O)N1C[C@@H](O)[C@@H](O)C1. The first-order valence-electron chi connectivity index (χ1n) is 5.07. The van der Waals surface area contributed by atoms with Crippen LogP contribution < -0.4 is 4.72 Å². The second-order valence-corrected chi connectivity index (χ2v) is 5.68. The van der Waals surface area contributed by atoms with Crippen LogP contribution in [-0.4, -0.2) is 60.4 Å². The third kappa shape index (κ3) is 3.80. The van der Waals surface area contributed by atoms with Gasteiger partial charge in [-0.25, -0.2) is 9.52 Å². The molecular weight excluding hydrogens is 252 g/mol. The molecule has 1 aliphatic heterocycles. The van der Waals surface area contributed by atoms with Gasteiger partial charge in [0.15, 0.2) is 0 Å². The average molecular weight is 268 g/mol. The molecule has 1 saturated heterocycles. The van der Waals surface area contributed by atoms with Crippen molar-refractivity contribution in [1.29, 1.82) is 0 Å². The van der Waals surface area contributed by atoms with Crippen LogP contribution in [-0.2, 0) is 14.9 Å². The summed E-state index contributed by atoms with van der Waals surface area (Å²) < 4.78 is 30.3. The third-order valence-electron chi connectivity index (χ3n) is 2.12. The first-order chi connectivity index (χ1) is 7.72. The van der Waals surface area contributed by atoms with E-state index in [1.54, 1.807) is 18.6 Å². The van der Waals surface area contributed by atoms with E-state index in [9.17, 15) is 23.4 Å². The van der Waals surface area contributed by atoms with Crippen LogP contribution >= 0.6 is 0 Å². The predicted octanol–water partition coefficient (Wildman–Crippen LogP) is -1.60. The number of carbonyl (C=O) groups excluding carboxylic acids is 1. The fourth-order valence-electron chi connectivity index (χ4n) is 1.34. The van der Waals surface area contributed by atoms with Gasteiger partial charge in [-0.05, 0) is 13.8 Å². The molecule has 0 aromatic heterocycles. The first-order valence-corrected chi connectivity index (χ1v) is 6.51. The summed E-state index contributed by atoms with van der Waals surface area (Å²) in [4.78, 5) is 11.1. The summed E-state index contributed by atoms with van der Waals surface area (Å²) in [6.45, 7) is 2.64. The van der Waals surface area contributed by atoms with Gasteiger partial charge in [0, 0.05) is 13.1 Å². The molecular formula is C8H16N2O6S. The number of ether oxygens (including phenoxy) is 1. The van der Waals surface area contributed by atoms with Crippen molar-refractivity contribution >= 4 is 16.3 Å². The molecule has 0 spiro atoms. The Morgan fingerprint density at radius 1 is 1.35 bits per heavy atom. The van der Waals surface area contributed by atoms with Gasteiger partial charge in [0.05, 0.1) is 18.3 Å². The van der Waals surface area contributed by atoms with E-state index in [2.05, 4.69) is 4.74 Å². The molecule has 1 aliphatic rings. The summed E-state index contributed by atoms with van der Waals surface area (Å²) in [5, 5.41) is 18.4. The van der Waals surface area contributed by atoms with Crippen LogP contribution in [0.1, 0.15) is 13.8 Å². The molecule has 0 aliphatic carbocycles. The third-order valence-corrected chi connectivity index (χ3v) is 3.52. The lowest BCUT2D eigenvalue weighted by Crippen LogP contribution is -2.43. The highest BCUT2D eigenvalue weighted by Gasteiger charge is 2.37. The van der Waals surface area contributed by atoms with Crippen LogP contribution in [0.15, 0.2) is 0 Å². The number of hydrogen-bond donors (Lipinski definition) is 3. The number of amides is 1. The minimum Gasteiger partial charge on any atom is -0.446 e. The fourth-order valence-corrected chi connectivity index (χ4v) is 2.43. The molecule has 2 atom stereocenters. The van der Waals surface area contributed by atoms with Crippen molar-refractivity contribution in [1.82, 2.24) is 9.03 Å². The van der Waals surface area contributed by atoms with Crippen molar-refractivity contribution < 1.29 is 28.2 Å². The summed E-state index contributed by atoms with van der Waals surface area (Å²) in [6.07, 6.45) is -3.82. The highest BCUT2D eigenvalue weighted by Crippen LogP contribution is 2.13. The van der Waals surface area contributed by atoms with E-state index < -0.39 is 34.6 Å². The lowest BCUT2D eigenvalue weighted by molar-refractivity contribution is 0.0572. The molecule has 100 valence electrons. The molecule has 9 heteroatoms. The minimum absolute atomic E-state index is 0.258. The van der Waals surface area contributed by atoms with E-state index in [-0.39, 0.29) is 13.1 Å². The molecule has 8 nitrogen and oxygen atoms in total. The van der Waals surface area contributed by atoms with Crippen molar-refractivity contribution in [3.05, 3.63) is 0 Å². The Labute approximate surface area is 99.4 Å². The van der Waals surface area contributed by atoms with E-state index in [1.807, 2.05) is 0 Å². The average Bonchev–Trinajstić information content (AvgIpc) is 2.44. The van der Waals surface area contributed by atoms with Gasteiger partial charge in [-0.3, -0.25) is 0 Å². The Morgan fingerprint density at radius 2 is 1.82 bits per heavy atom. The van der Waals surface area contributed by atoms with Crippen molar-refractivity contribution in [3.63, 3.8) is 0 Å². The zero-order chi connectivity index (χ0) is 13.2. The molecule has 0 unspecified atom stereocenters. The molecule has 1 rings (SSSR count). The molecule has 1 amide bonds. The van der Waals surface area contributed by atoms with Crippen molar-refractivity contribution in [2.45, 2.75) is 32.2 Å². The van der Waals surface area contributed by atoms with Gasteiger partial charge in [-0.1, -0.05) is 0 Å². The quantitative estimate of drug-likeness (QED) is 0.568. The van der Waals surface area contributed by atoms with Crippen LogP contribution in [0.25, 0.3) is 0 Å². The molecule has 0 aromatic rings. The van der Waals surface area contributed by atoms with E-state index in [1.165, 1.54) is 0 Å². The minimum atomic E-state index is -4.08. The summed E-state index contributed by atoms with van der Waals surface area (Å²) in [5.74, 6) is 0. The van der Waals surface area contributed by atoms with E-state index in [0.717, 1.165) is 4.31 Å². The lowest BCUT2D eigenvalue weighted by atomic mass is 10.3. The largest absolute Gasteiger partial charge is 0.446 e. The van der Waals surface area contributed by atoms with E-state index in [4.69, 9.17) is 0 Å². The molecule has 1 fully saturated rings. The maximum atomic E-state index is 11.6. The van der Waals surface area contributed by atoms with Gasteiger partial charge in [0.2, 0.25) is 0 Å². The highest BCUT2D eigenvalue weighted by atomic mass is 32.2. The number of nitrogens with one attached hydrogen (secondary N) is 1. The number of aliphatic hydroxyl groups is 2. The van der Waals surface area contributed by atoms with Crippen LogP contribution in [0.3, 0.4) is 0 Å². The van der Waals surface area contributed by atoms with Crippen LogP contribution in [0.4, 0.5) is 4.79 Å². The normalized spacial score (nSPS) is 26.2. The Hall–Kier alpha value is -0.900. The summed E-state index contributed by atoms with van der Waals surface area (Å²) in [7, 11) is -4.08. The zero-order valence-corrected chi connectivity index (χ0v) is 10.3. The number of carbonyl (C=O) groups is 1. The van der Waals surface area contributed by atoms with Crippen molar-refractivity contribution in [2.24, 2.45) is 0 Å². The van der Waals surface area contributed by atoms with Gasteiger partial charge in [-0.15, -0.1) is 0 Å². The number of β-amino-alcohol motifs (C(OH)–C–C–N with tert-alkyl or cyclic N) is 2. The van der Waals surface area contributed by atoms with Gasteiger partial charge in [-0.2, -0.15) is 12.7 Å². The van der Waals surface area contributed by atoms with Crippen LogP contribution in [0, 0.1) is 0 Å². The second-order valence-electron chi connectivity index (χ2n) is 4.01. The molecule has 0 radical (unpaired) electrons. The Kier molecular flexibility index (Phi) is 4.31. The standard InChI is InChI=1S/C8H16N2O6S/c1-5(2)16-8(13)9-17(14,15)10-3-6(11)7(12)4-10/h5-7,11-12H,3-4H2,1-2H3,(H,9,13)/t6-,7+. The predicted molar refractivity (Wildman–Crippen MR) is 57.3 cm³/mol. The molecule has 3 N–H and O–H groups in total. The summed E-state index contributed by atoms with van der Waals surface area (Å²) in [5.41, 5.74) is 0. The monoisotopic (exact) mass is 268 g/mol. The fraction of sp³-hybridized carbons (Fsp3) is 0.875. The van der Waals surface area contributed by atoms with Crippen LogP contribution in [0.5, 0.6) is 0 Å². The topological polar surface area (TPSA) is 116 Å². The second kappa shape index (κ2) is 5.17. The first kappa shape index (κ1) is 14.2. The lowest BCUT2D eigenvalue weighted by Gasteiger charge is -2.16. The van der Waals surface area contributed by atoms with E-state index >= 15 is 0 Å².